The highest BCUT2D eigenvalue weighted by Crippen LogP contribution is 2.49. The van der Waals surface area contributed by atoms with Crippen molar-refractivity contribution < 1.29 is 8.83 Å². The highest BCUT2D eigenvalue weighted by molar-refractivity contribution is 6.32. The van der Waals surface area contributed by atoms with Crippen molar-refractivity contribution in [2.45, 2.75) is 0 Å². The molecule has 0 spiro atoms. The lowest BCUT2D eigenvalue weighted by Crippen LogP contribution is -2.04. The van der Waals surface area contributed by atoms with Crippen LogP contribution in [0, 0.1) is 0 Å². The van der Waals surface area contributed by atoms with Crippen LogP contribution in [-0.2, 0) is 0 Å². The van der Waals surface area contributed by atoms with Crippen molar-refractivity contribution in [2.24, 2.45) is 0 Å². The molecule has 0 amide bonds. The Kier molecular flexibility index (Phi) is 10.6. The van der Waals surface area contributed by atoms with Crippen LogP contribution in [0.5, 0.6) is 0 Å². The number of para-hydroxylation sites is 6. The summed E-state index contributed by atoms with van der Waals surface area (Å²) in [7, 11) is 0. The van der Waals surface area contributed by atoms with Crippen LogP contribution in [0.2, 0.25) is 0 Å². The molecule has 0 aliphatic rings. The van der Waals surface area contributed by atoms with Crippen LogP contribution in [0.15, 0.2) is 300 Å². The summed E-state index contributed by atoms with van der Waals surface area (Å²) in [4.78, 5) is 16.3. The predicted octanol–water partition coefficient (Wildman–Crippen LogP) is 21.3. The monoisotopic (exact) mass is 1140 g/mol. The van der Waals surface area contributed by atoms with Crippen molar-refractivity contribution in [3.8, 4) is 73.5 Å². The van der Waals surface area contributed by atoms with Gasteiger partial charge in [-0.05, 0) is 108 Å². The van der Waals surface area contributed by atoms with E-state index in [4.69, 9.17) is 23.8 Å². The van der Waals surface area contributed by atoms with Gasteiger partial charge in [0.1, 0.15) is 22.3 Å². The van der Waals surface area contributed by atoms with Gasteiger partial charge in [-0.25, -0.2) is 15.0 Å². The molecule has 0 N–H and O–H groups in total. The highest BCUT2D eigenvalue weighted by atomic mass is 16.3. The Morgan fingerprint density at radius 2 is 0.607 bits per heavy atom. The van der Waals surface area contributed by atoms with Crippen molar-refractivity contribution in [3.05, 3.63) is 291 Å². The Morgan fingerprint density at radius 3 is 1.10 bits per heavy atom. The molecule has 0 saturated heterocycles. The summed E-state index contributed by atoms with van der Waals surface area (Å²) in [6, 6.07) is 104. The van der Waals surface area contributed by atoms with E-state index in [-0.39, 0.29) is 0 Å². The fourth-order valence-corrected chi connectivity index (χ4v) is 14.2. The smallest absolute Gasteiger partial charge is 0.164 e. The van der Waals surface area contributed by atoms with Gasteiger partial charge in [0.15, 0.2) is 17.5 Å². The first-order chi connectivity index (χ1) is 44.1. The number of rotatable bonds is 8. The van der Waals surface area contributed by atoms with Gasteiger partial charge in [-0.15, -0.1) is 0 Å². The molecular formula is C81H48N6O2. The average molecular weight is 1140 g/mol. The van der Waals surface area contributed by atoms with Crippen LogP contribution in [-0.4, -0.2) is 28.7 Å². The molecule has 19 aromatic rings. The Morgan fingerprint density at radius 1 is 0.236 bits per heavy atom. The normalized spacial score (nSPS) is 12.0. The molecule has 8 heteroatoms. The molecule has 0 bridgehead atoms. The Balaban J connectivity index is 0.905. The van der Waals surface area contributed by atoms with Crippen molar-refractivity contribution in [3.63, 3.8) is 0 Å². The van der Waals surface area contributed by atoms with Crippen molar-refractivity contribution in [1.29, 1.82) is 0 Å². The third kappa shape index (κ3) is 7.44. The molecule has 6 heterocycles. The van der Waals surface area contributed by atoms with E-state index in [1.807, 2.05) is 36.4 Å². The molecule has 13 aromatic carbocycles. The molecule has 0 aliphatic heterocycles. The third-order valence-corrected chi connectivity index (χ3v) is 18.1. The van der Waals surface area contributed by atoms with E-state index in [0.29, 0.717) is 17.5 Å². The molecule has 89 heavy (non-hydrogen) atoms. The molecule has 8 nitrogen and oxygen atoms in total. The number of hydrogen-bond donors (Lipinski definition) is 0. The molecule has 0 fully saturated rings. The van der Waals surface area contributed by atoms with Gasteiger partial charge in [-0.3, -0.25) is 0 Å². The minimum Gasteiger partial charge on any atom is -0.456 e. The maximum atomic E-state index is 6.49. The summed E-state index contributed by atoms with van der Waals surface area (Å²) in [5.41, 5.74) is 19.8. The second-order valence-electron chi connectivity index (χ2n) is 23.0. The SMILES string of the molecule is c1ccc(-c2cc(-c3nc(-c4ccc5c(c4)oc4ccccc45)nc(-c4ccc5c(c4)oc4ccccc45)n3)cc(-c3ccccc3)c2-n2c3ccccc3c3c2ccc2c4ccc5c(c6ccccc6n5-c5ccccc5)c4n(-c4ccccc4)c23)cc1. The van der Waals surface area contributed by atoms with E-state index in [1.165, 1.54) is 27.1 Å². The van der Waals surface area contributed by atoms with Gasteiger partial charge in [0.2, 0.25) is 0 Å². The summed E-state index contributed by atoms with van der Waals surface area (Å²) < 4.78 is 20.4. The third-order valence-electron chi connectivity index (χ3n) is 18.1. The van der Waals surface area contributed by atoms with Crippen LogP contribution in [0.3, 0.4) is 0 Å². The van der Waals surface area contributed by atoms with Crippen LogP contribution in [0.1, 0.15) is 0 Å². The summed E-state index contributed by atoms with van der Waals surface area (Å²) in [5.74, 6) is 1.56. The number of nitrogens with zero attached hydrogens (tertiary/aromatic N) is 6. The highest BCUT2D eigenvalue weighted by Gasteiger charge is 2.28. The summed E-state index contributed by atoms with van der Waals surface area (Å²) in [5, 5.41) is 11.3. The van der Waals surface area contributed by atoms with Crippen LogP contribution in [0.4, 0.5) is 0 Å². The Hall–Kier alpha value is -12.1. The lowest BCUT2D eigenvalue weighted by Gasteiger charge is -2.21. The van der Waals surface area contributed by atoms with Crippen LogP contribution < -0.4 is 0 Å². The first-order valence-electron chi connectivity index (χ1n) is 30.1. The lowest BCUT2D eigenvalue weighted by molar-refractivity contribution is 0.668. The van der Waals surface area contributed by atoms with E-state index in [9.17, 15) is 0 Å². The van der Waals surface area contributed by atoms with Gasteiger partial charge < -0.3 is 22.5 Å². The fraction of sp³-hybridized carbons (Fsp3) is 0. The van der Waals surface area contributed by atoms with Crippen molar-refractivity contribution >= 4 is 109 Å². The fourth-order valence-electron chi connectivity index (χ4n) is 14.2. The molecule has 6 aromatic heterocycles. The van der Waals surface area contributed by atoms with Gasteiger partial charge in [0.05, 0.1) is 38.8 Å². The first kappa shape index (κ1) is 49.2. The van der Waals surface area contributed by atoms with Crippen molar-refractivity contribution in [1.82, 2.24) is 28.7 Å². The molecule has 19 rings (SSSR count). The number of benzene rings is 13. The zero-order valence-corrected chi connectivity index (χ0v) is 47.7. The molecule has 0 aliphatic carbocycles. The average Bonchev–Trinajstić information content (AvgIpc) is 1.55. The minimum absolute atomic E-state index is 0.519. The standard InChI is InChI=1S/C81H48N6O2/c1-5-21-49(22-6-1)64-45-53(81-83-79(51-37-39-58-56-29-15-19-35-70(56)88-72(58)47-51)82-80(84-81)52-38-40-59-57-30-16-20-36-71(57)89-73(59)48-52)46-65(50-23-7-2-8-24-50)76(64)87-67-34-18-14-32-63(67)75-69(87)44-42-61-60-41-43-68-74(77(60)86(78(61)75)55-27-11-4-12-28-55)62-31-13-17-33-66(62)85(68)54-25-9-3-10-26-54/h1-48H. The second-order valence-corrected chi connectivity index (χ2v) is 23.0. The van der Waals surface area contributed by atoms with Gasteiger partial charge >= 0.3 is 0 Å². The van der Waals surface area contributed by atoms with Gasteiger partial charge in [0.25, 0.3) is 0 Å². The van der Waals surface area contributed by atoms with Crippen molar-refractivity contribution in [2.75, 3.05) is 0 Å². The van der Waals surface area contributed by atoms with Gasteiger partial charge in [-0.1, -0.05) is 194 Å². The molecule has 0 unspecified atom stereocenters. The van der Waals surface area contributed by atoms with Crippen LogP contribution in [0.25, 0.3) is 183 Å². The predicted molar refractivity (Wildman–Crippen MR) is 365 cm³/mol. The number of aromatic nitrogens is 6. The number of hydrogen-bond acceptors (Lipinski definition) is 5. The zero-order valence-electron chi connectivity index (χ0n) is 47.7. The van der Waals surface area contributed by atoms with E-state index in [1.54, 1.807) is 0 Å². The van der Waals surface area contributed by atoms with Gasteiger partial charge in [-0.2, -0.15) is 0 Å². The number of furan rings is 2. The summed E-state index contributed by atoms with van der Waals surface area (Å²) >= 11 is 0. The molecule has 0 saturated carbocycles. The van der Waals surface area contributed by atoms with Crippen LogP contribution >= 0.6 is 0 Å². The maximum absolute atomic E-state index is 6.49. The Labute approximate surface area is 508 Å². The topological polar surface area (TPSA) is 79.7 Å². The summed E-state index contributed by atoms with van der Waals surface area (Å²) in [6.45, 7) is 0. The molecule has 0 radical (unpaired) electrons. The second kappa shape index (κ2) is 19.2. The first-order valence-corrected chi connectivity index (χ1v) is 30.1. The quantitative estimate of drug-likeness (QED) is 0.151. The number of fused-ring (bicyclic) bond motifs is 17. The molecule has 0 atom stereocenters. The zero-order chi connectivity index (χ0) is 58.3. The van der Waals surface area contributed by atoms with Gasteiger partial charge in [0, 0.05) is 93.1 Å². The Bertz CT molecular complexity index is 5900. The van der Waals surface area contributed by atoms with E-state index >= 15 is 0 Å². The van der Waals surface area contributed by atoms with E-state index in [2.05, 4.69) is 268 Å². The van der Waals surface area contributed by atoms with E-state index in [0.717, 1.165) is 138 Å². The minimum atomic E-state index is 0.519. The molecular weight excluding hydrogens is 1090 g/mol. The lowest BCUT2D eigenvalue weighted by atomic mass is 9.92. The summed E-state index contributed by atoms with van der Waals surface area (Å²) in [6.07, 6.45) is 0. The maximum Gasteiger partial charge on any atom is 0.164 e. The van der Waals surface area contributed by atoms with E-state index < -0.39 is 0 Å². The largest absolute Gasteiger partial charge is 0.456 e. The molecule has 414 valence electrons.